The van der Waals surface area contributed by atoms with Gasteiger partial charge in [-0.3, -0.25) is 9.10 Å². The Bertz CT molecular complexity index is 1210. The summed E-state index contributed by atoms with van der Waals surface area (Å²) in [7, 11) is -4.03. The van der Waals surface area contributed by atoms with Gasteiger partial charge in [-0.25, -0.2) is 12.8 Å². The van der Waals surface area contributed by atoms with Crippen molar-refractivity contribution in [2.45, 2.75) is 38.6 Å². The van der Waals surface area contributed by atoms with Crippen molar-refractivity contribution in [3.63, 3.8) is 0 Å². The lowest BCUT2D eigenvalue weighted by Crippen LogP contribution is -2.41. The van der Waals surface area contributed by atoms with Crippen molar-refractivity contribution in [2.75, 3.05) is 10.8 Å². The first-order valence-electron chi connectivity index (χ1n) is 10.3. The summed E-state index contributed by atoms with van der Waals surface area (Å²) in [4.78, 5) is 13.0. The van der Waals surface area contributed by atoms with Crippen LogP contribution in [0.25, 0.3) is 0 Å². The summed E-state index contributed by atoms with van der Waals surface area (Å²) < 4.78 is 41.0. The molecule has 1 atom stereocenters. The van der Waals surface area contributed by atoms with Gasteiger partial charge in [-0.1, -0.05) is 30.3 Å². The molecule has 0 heterocycles. The second kappa shape index (κ2) is 9.53. The van der Waals surface area contributed by atoms with Crippen LogP contribution in [0, 0.1) is 26.6 Å². The Balaban J connectivity index is 1.89. The molecule has 3 rings (SSSR count). The number of nitrogens with zero attached hydrogens (tertiary/aromatic N) is 1. The number of hydrogen-bond acceptors (Lipinski definition) is 3. The van der Waals surface area contributed by atoms with Crippen LogP contribution >= 0.6 is 0 Å². The van der Waals surface area contributed by atoms with Crippen LogP contribution in [0.5, 0.6) is 0 Å². The van der Waals surface area contributed by atoms with Crippen molar-refractivity contribution >= 4 is 21.6 Å². The van der Waals surface area contributed by atoms with Crippen molar-refractivity contribution in [3.05, 3.63) is 94.8 Å². The van der Waals surface area contributed by atoms with Gasteiger partial charge in [0, 0.05) is 0 Å². The molecule has 7 heteroatoms. The fraction of sp³-hybridized carbons (Fsp3) is 0.240. The van der Waals surface area contributed by atoms with Crippen molar-refractivity contribution in [1.29, 1.82) is 0 Å². The molecular weight excluding hydrogens is 427 g/mol. The van der Waals surface area contributed by atoms with Gasteiger partial charge in [-0.15, -0.1) is 0 Å². The lowest BCUT2D eigenvalue weighted by atomic mass is 9.96. The van der Waals surface area contributed by atoms with Crippen molar-refractivity contribution < 1.29 is 17.6 Å². The van der Waals surface area contributed by atoms with Gasteiger partial charge in [0.05, 0.1) is 16.6 Å². The monoisotopic (exact) mass is 454 g/mol. The highest BCUT2D eigenvalue weighted by molar-refractivity contribution is 7.92. The van der Waals surface area contributed by atoms with Crippen LogP contribution in [0.3, 0.4) is 0 Å². The third-order valence-electron chi connectivity index (χ3n) is 5.46. The van der Waals surface area contributed by atoms with Gasteiger partial charge < -0.3 is 5.32 Å². The van der Waals surface area contributed by atoms with E-state index in [0.717, 1.165) is 21.0 Å². The Morgan fingerprint density at radius 1 is 0.938 bits per heavy atom. The van der Waals surface area contributed by atoms with Gasteiger partial charge in [-0.05, 0) is 86.3 Å². The number of carbonyl (C=O) groups excluding carboxylic acids is 1. The van der Waals surface area contributed by atoms with E-state index in [-0.39, 0.29) is 16.6 Å². The third-order valence-corrected chi connectivity index (χ3v) is 7.25. The summed E-state index contributed by atoms with van der Waals surface area (Å²) in [6.07, 6.45) is 0. The number of anilines is 1. The highest BCUT2D eigenvalue weighted by Gasteiger charge is 2.27. The Morgan fingerprint density at radius 3 is 2.16 bits per heavy atom. The summed E-state index contributed by atoms with van der Waals surface area (Å²) in [5, 5.41) is 2.90. The number of halogens is 1. The van der Waals surface area contributed by atoms with Crippen LogP contribution < -0.4 is 9.62 Å². The number of rotatable bonds is 7. The van der Waals surface area contributed by atoms with Crippen LogP contribution in [0.1, 0.15) is 35.2 Å². The summed E-state index contributed by atoms with van der Waals surface area (Å²) in [6.45, 7) is 7.45. The molecular formula is C25H27FN2O3S. The molecule has 1 amide bonds. The molecule has 0 spiro atoms. The Kier molecular flexibility index (Phi) is 6.99. The van der Waals surface area contributed by atoms with Gasteiger partial charge >= 0.3 is 0 Å². The fourth-order valence-corrected chi connectivity index (χ4v) is 5.03. The number of carbonyl (C=O) groups is 1. The van der Waals surface area contributed by atoms with Gasteiger partial charge in [0.2, 0.25) is 5.91 Å². The Hall–Kier alpha value is -3.19. The maximum atomic E-state index is 13.4. The molecule has 0 bridgehead atoms. The number of hydrogen-bond donors (Lipinski definition) is 1. The van der Waals surface area contributed by atoms with Crippen molar-refractivity contribution in [3.8, 4) is 0 Å². The average molecular weight is 455 g/mol. The van der Waals surface area contributed by atoms with E-state index in [0.29, 0.717) is 0 Å². The SMILES string of the molecule is Cc1cc(C)c([C@H](C)NC(=O)CN(c2ccc(F)cc2)S(=O)(=O)c2ccccc2)cc1C. The highest BCUT2D eigenvalue weighted by Crippen LogP contribution is 2.25. The largest absolute Gasteiger partial charge is 0.348 e. The third kappa shape index (κ3) is 5.16. The van der Waals surface area contributed by atoms with E-state index in [9.17, 15) is 17.6 Å². The summed E-state index contributed by atoms with van der Waals surface area (Å²) in [5.41, 5.74) is 4.52. The predicted octanol–water partition coefficient (Wildman–Crippen LogP) is 4.82. The first-order chi connectivity index (χ1) is 15.1. The van der Waals surface area contributed by atoms with Gasteiger partial charge in [0.25, 0.3) is 10.0 Å². The molecule has 0 aliphatic rings. The molecule has 168 valence electrons. The second-order valence-electron chi connectivity index (χ2n) is 7.88. The maximum absolute atomic E-state index is 13.4. The molecule has 1 N–H and O–H groups in total. The van der Waals surface area contributed by atoms with E-state index in [1.54, 1.807) is 18.2 Å². The number of benzene rings is 3. The number of amides is 1. The van der Waals surface area contributed by atoms with Crippen LogP contribution in [-0.2, 0) is 14.8 Å². The van der Waals surface area contributed by atoms with Gasteiger partial charge in [0.1, 0.15) is 12.4 Å². The molecule has 0 aliphatic carbocycles. The summed E-state index contributed by atoms with van der Waals surface area (Å²) >= 11 is 0. The summed E-state index contributed by atoms with van der Waals surface area (Å²) in [5.74, 6) is -0.951. The molecule has 0 unspecified atom stereocenters. The Labute approximate surface area is 188 Å². The lowest BCUT2D eigenvalue weighted by molar-refractivity contribution is -0.120. The molecule has 32 heavy (non-hydrogen) atoms. The predicted molar refractivity (Wildman–Crippen MR) is 125 cm³/mol. The zero-order chi connectivity index (χ0) is 23.5. The van der Waals surface area contributed by atoms with Crippen LogP contribution in [0.4, 0.5) is 10.1 Å². The molecule has 3 aromatic carbocycles. The molecule has 0 aromatic heterocycles. The smallest absolute Gasteiger partial charge is 0.264 e. The number of nitrogens with one attached hydrogen (secondary N) is 1. The molecule has 0 saturated heterocycles. The van der Waals surface area contributed by atoms with Gasteiger partial charge in [0.15, 0.2) is 0 Å². The molecule has 3 aromatic rings. The first kappa shape index (κ1) is 23.5. The van der Waals surface area contributed by atoms with Gasteiger partial charge in [-0.2, -0.15) is 0 Å². The minimum atomic E-state index is -4.03. The minimum Gasteiger partial charge on any atom is -0.348 e. The minimum absolute atomic E-state index is 0.0511. The maximum Gasteiger partial charge on any atom is 0.264 e. The van der Waals surface area contributed by atoms with Crippen LogP contribution in [-0.4, -0.2) is 20.9 Å². The zero-order valence-electron chi connectivity index (χ0n) is 18.6. The van der Waals surface area contributed by atoms with Crippen molar-refractivity contribution in [2.24, 2.45) is 0 Å². The van der Waals surface area contributed by atoms with E-state index in [1.807, 2.05) is 33.8 Å². The van der Waals surface area contributed by atoms with E-state index >= 15 is 0 Å². The molecule has 5 nitrogen and oxygen atoms in total. The van der Waals surface area contributed by atoms with E-state index in [2.05, 4.69) is 11.4 Å². The first-order valence-corrected chi connectivity index (χ1v) is 11.7. The van der Waals surface area contributed by atoms with E-state index in [4.69, 9.17) is 0 Å². The van der Waals surface area contributed by atoms with Crippen LogP contribution in [0.2, 0.25) is 0 Å². The van der Waals surface area contributed by atoms with E-state index in [1.165, 1.54) is 42.0 Å². The molecule has 0 fully saturated rings. The number of sulfonamides is 1. The fourth-order valence-electron chi connectivity index (χ4n) is 3.59. The normalized spacial score (nSPS) is 12.3. The lowest BCUT2D eigenvalue weighted by Gasteiger charge is -2.25. The van der Waals surface area contributed by atoms with Crippen LogP contribution in [0.15, 0.2) is 71.6 Å². The highest BCUT2D eigenvalue weighted by atomic mass is 32.2. The topological polar surface area (TPSA) is 66.5 Å². The molecule has 0 saturated carbocycles. The summed E-state index contributed by atoms with van der Waals surface area (Å²) in [6, 6.07) is 16.7. The zero-order valence-corrected chi connectivity index (χ0v) is 19.4. The standard InChI is InChI=1S/C25H27FN2O3S/c1-17-14-19(3)24(15-18(17)2)20(4)27-25(29)16-28(22-12-10-21(26)11-13-22)32(30,31)23-8-6-5-7-9-23/h5-15,20H,16H2,1-4H3,(H,27,29)/t20-/m0/s1. The van der Waals surface area contributed by atoms with E-state index < -0.39 is 28.3 Å². The molecule has 0 radical (unpaired) electrons. The number of aryl methyl sites for hydroxylation is 3. The van der Waals surface area contributed by atoms with Crippen molar-refractivity contribution in [1.82, 2.24) is 5.32 Å². The molecule has 0 aliphatic heterocycles. The average Bonchev–Trinajstić information content (AvgIpc) is 2.75. The second-order valence-corrected chi connectivity index (χ2v) is 9.75. The Morgan fingerprint density at radius 2 is 1.53 bits per heavy atom. The quantitative estimate of drug-likeness (QED) is 0.556.